The van der Waals surface area contributed by atoms with Crippen molar-refractivity contribution >= 4 is 40.7 Å². The van der Waals surface area contributed by atoms with Crippen LogP contribution in [-0.4, -0.2) is 15.6 Å². The quantitative estimate of drug-likeness (QED) is 0.274. The number of allylic oxidation sites excluding steroid dienone is 1. The number of carbonyl (C=O) groups is 1. The minimum atomic E-state index is -0.975. The summed E-state index contributed by atoms with van der Waals surface area (Å²) < 4.78 is 8.43. The number of halogens is 1. The second-order valence-electron chi connectivity index (χ2n) is 10.2. The van der Waals surface area contributed by atoms with Crippen molar-refractivity contribution < 1.29 is 14.3 Å². The van der Waals surface area contributed by atoms with Crippen LogP contribution in [0.5, 0.6) is 0 Å². The molecule has 1 aliphatic carbocycles. The van der Waals surface area contributed by atoms with Crippen LogP contribution in [0.3, 0.4) is 0 Å². The summed E-state index contributed by atoms with van der Waals surface area (Å²) in [6.07, 6.45) is 3.46. The summed E-state index contributed by atoms with van der Waals surface area (Å²) in [6, 6.07) is 24.3. The number of thiazole rings is 1. The fourth-order valence-electron chi connectivity index (χ4n) is 5.74. The standard InChI is InChI=1S/C33H23ClN2O4S/c1-18-16-21(32(38)39)9-13-24(18)27-15-12-23(40-27)17-28-31(37)36-30(20-6-10-22(34)11-7-20)26-14-8-19-4-2-3-5-25(19)29(26)35-33(36)41-28/h2-7,9-13,15-17,30H,8,14H2,1H3,(H,38,39)/b28-17+. The highest BCUT2D eigenvalue weighted by Gasteiger charge is 2.32. The zero-order valence-electron chi connectivity index (χ0n) is 21.9. The van der Waals surface area contributed by atoms with Gasteiger partial charge in [0.25, 0.3) is 5.56 Å². The highest BCUT2D eigenvalue weighted by molar-refractivity contribution is 7.07. The van der Waals surface area contributed by atoms with Crippen LogP contribution in [0.25, 0.3) is 23.1 Å². The normalized spacial score (nSPS) is 16.1. The Hall–Kier alpha value is -4.46. The van der Waals surface area contributed by atoms with Crippen molar-refractivity contribution in [2.75, 3.05) is 0 Å². The Bertz CT molecular complexity index is 2080. The molecule has 7 rings (SSSR count). The number of aromatic nitrogens is 1. The fourth-order valence-corrected chi connectivity index (χ4v) is 6.85. The van der Waals surface area contributed by atoms with E-state index in [0.29, 0.717) is 25.9 Å². The summed E-state index contributed by atoms with van der Waals surface area (Å²) >= 11 is 7.56. The van der Waals surface area contributed by atoms with Crippen LogP contribution in [0, 0.1) is 6.92 Å². The van der Waals surface area contributed by atoms with Crippen molar-refractivity contribution in [3.8, 4) is 11.3 Å². The maximum Gasteiger partial charge on any atom is 0.335 e. The van der Waals surface area contributed by atoms with Gasteiger partial charge < -0.3 is 9.52 Å². The summed E-state index contributed by atoms with van der Waals surface area (Å²) in [5, 5.41) is 9.92. The Morgan fingerprint density at radius 2 is 1.85 bits per heavy atom. The van der Waals surface area contributed by atoms with Crippen LogP contribution in [0.4, 0.5) is 0 Å². The molecule has 0 spiro atoms. The second kappa shape index (κ2) is 9.87. The van der Waals surface area contributed by atoms with Crippen molar-refractivity contribution in [3.63, 3.8) is 0 Å². The van der Waals surface area contributed by atoms with Crippen molar-refractivity contribution in [1.82, 2.24) is 4.57 Å². The highest BCUT2D eigenvalue weighted by atomic mass is 35.5. The van der Waals surface area contributed by atoms with Gasteiger partial charge in [-0.2, -0.15) is 0 Å². The van der Waals surface area contributed by atoms with Gasteiger partial charge in [0.15, 0.2) is 4.80 Å². The van der Waals surface area contributed by atoms with Gasteiger partial charge in [-0.25, -0.2) is 9.79 Å². The second-order valence-corrected chi connectivity index (χ2v) is 11.6. The molecule has 1 N–H and O–H groups in total. The molecule has 3 aromatic carbocycles. The number of rotatable bonds is 4. The maximum atomic E-state index is 14.0. The van der Waals surface area contributed by atoms with Crippen molar-refractivity contribution in [1.29, 1.82) is 0 Å². The number of carboxylic acids is 1. The number of aromatic carboxylic acids is 1. The summed E-state index contributed by atoms with van der Waals surface area (Å²) in [5.41, 5.74) is 7.13. The number of hydrogen-bond donors (Lipinski definition) is 1. The van der Waals surface area contributed by atoms with Crippen molar-refractivity contribution in [3.05, 3.63) is 143 Å². The molecular weight excluding hydrogens is 556 g/mol. The van der Waals surface area contributed by atoms with Gasteiger partial charge in [-0.3, -0.25) is 9.36 Å². The van der Waals surface area contributed by atoms with Crippen molar-refractivity contribution in [2.24, 2.45) is 4.99 Å². The average molecular weight is 579 g/mol. The Kier molecular flexibility index (Phi) is 6.14. The maximum absolute atomic E-state index is 14.0. The van der Waals surface area contributed by atoms with Gasteiger partial charge in [0, 0.05) is 22.2 Å². The van der Waals surface area contributed by atoms with E-state index in [1.165, 1.54) is 16.9 Å². The first-order valence-electron chi connectivity index (χ1n) is 13.2. The smallest absolute Gasteiger partial charge is 0.335 e. The molecule has 1 unspecified atom stereocenters. The number of hydrogen-bond acceptors (Lipinski definition) is 5. The summed E-state index contributed by atoms with van der Waals surface area (Å²) in [5.74, 6) is 0.158. The molecule has 0 saturated heterocycles. The highest BCUT2D eigenvalue weighted by Crippen LogP contribution is 2.41. The third-order valence-electron chi connectivity index (χ3n) is 7.70. The Labute approximate surface area is 243 Å². The summed E-state index contributed by atoms with van der Waals surface area (Å²) in [6.45, 7) is 1.85. The molecule has 0 amide bonds. The van der Waals surface area contributed by atoms with Crippen LogP contribution < -0.4 is 14.9 Å². The van der Waals surface area contributed by atoms with Crippen molar-refractivity contribution in [2.45, 2.75) is 25.8 Å². The molecule has 0 fully saturated rings. The van der Waals surface area contributed by atoms with E-state index in [0.717, 1.165) is 46.4 Å². The molecule has 1 aliphatic heterocycles. The molecule has 0 saturated carbocycles. The number of aryl methyl sites for hydroxylation is 2. The molecular formula is C33H23ClN2O4S. The third-order valence-corrected chi connectivity index (χ3v) is 8.93. The van der Waals surface area contributed by atoms with Gasteiger partial charge in [-0.1, -0.05) is 65.4 Å². The topological polar surface area (TPSA) is 84.8 Å². The molecule has 3 heterocycles. The van der Waals surface area contributed by atoms with Crippen LogP contribution in [0.2, 0.25) is 5.02 Å². The third kappa shape index (κ3) is 4.38. The fraction of sp³-hybridized carbons (Fsp3) is 0.121. The lowest BCUT2D eigenvalue weighted by atomic mass is 9.83. The molecule has 0 radical (unpaired) electrons. The lowest BCUT2D eigenvalue weighted by molar-refractivity contribution is 0.0696. The minimum Gasteiger partial charge on any atom is -0.478 e. The first-order chi connectivity index (χ1) is 19.9. The average Bonchev–Trinajstić information content (AvgIpc) is 3.56. The number of carboxylic acid groups (broad SMARTS) is 1. The number of furan rings is 1. The molecule has 8 heteroatoms. The Morgan fingerprint density at radius 3 is 2.63 bits per heavy atom. The predicted octanol–water partition coefficient (Wildman–Crippen LogP) is 6.24. The van der Waals surface area contributed by atoms with Gasteiger partial charge >= 0.3 is 5.97 Å². The van der Waals surface area contributed by atoms with Gasteiger partial charge in [-0.05, 0) is 78.4 Å². The molecule has 0 bridgehead atoms. The zero-order chi connectivity index (χ0) is 28.2. The van der Waals surface area contributed by atoms with Crippen LogP contribution in [0.1, 0.15) is 50.8 Å². The van der Waals surface area contributed by atoms with Crippen LogP contribution in [0.15, 0.2) is 98.6 Å². The molecule has 2 aromatic heterocycles. The number of benzene rings is 3. The number of fused-ring (bicyclic) bond motifs is 3. The lowest BCUT2D eigenvalue weighted by Crippen LogP contribution is -2.38. The van der Waals surface area contributed by atoms with E-state index in [-0.39, 0.29) is 17.2 Å². The van der Waals surface area contributed by atoms with E-state index in [1.54, 1.807) is 28.8 Å². The van der Waals surface area contributed by atoms with E-state index in [2.05, 4.69) is 18.2 Å². The molecule has 5 aromatic rings. The van der Waals surface area contributed by atoms with Gasteiger partial charge in [0.1, 0.15) is 11.5 Å². The number of nitrogens with zero attached hydrogens (tertiary/aromatic N) is 2. The summed E-state index contributed by atoms with van der Waals surface area (Å²) in [4.78, 5) is 31.0. The first-order valence-corrected chi connectivity index (χ1v) is 14.4. The lowest BCUT2D eigenvalue weighted by Gasteiger charge is -2.30. The van der Waals surface area contributed by atoms with Crippen LogP contribution >= 0.6 is 22.9 Å². The molecule has 41 heavy (non-hydrogen) atoms. The van der Waals surface area contributed by atoms with Crippen LogP contribution in [-0.2, 0) is 6.42 Å². The SMILES string of the molecule is Cc1cc(C(=O)O)ccc1-c1ccc(/C=c2/sc3n(c2=O)C(c2ccc(Cl)cc2)C2=C(N=3)c3ccccc3CC2)o1. The van der Waals surface area contributed by atoms with E-state index >= 15 is 0 Å². The van der Waals surface area contributed by atoms with E-state index in [9.17, 15) is 14.7 Å². The zero-order valence-corrected chi connectivity index (χ0v) is 23.5. The van der Waals surface area contributed by atoms with Gasteiger partial charge in [-0.15, -0.1) is 0 Å². The minimum absolute atomic E-state index is 0.126. The Morgan fingerprint density at radius 1 is 1.05 bits per heavy atom. The van der Waals surface area contributed by atoms with E-state index in [1.807, 2.05) is 49.4 Å². The first kappa shape index (κ1) is 25.5. The largest absolute Gasteiger partial charge is 0.478 e. The van der Waals surface area contributed by atoms with Gasteiger partial charge in [0.05, 0.1) is 21.8 Å². The van der Waals surface area contributed by atoms with Gasteiger partial charge in [0.2, 0.25) is 0 Å². The molecule has 202 valence electrons. The van der Waals surface area contributed by atoms with E-state index < -0.39 is 5.97 Å². The monoisotopic (exact) mass is 578 g/mol. The Balaban J connectivity index is 1.36. The molecule has 1 atom stereocenters. The molecule has 6 nitrogen and oxygen atoms in total. The summed E-state index contributed by atoms with van der Waals surface area (Å²) in [7, 11) is 0. The molecule has 2 aliphatic rings. The predicted molar refractivity (Wildman–Crippen MR) is 160 cm³/mol. The van der Waals surface area contributed by atoms with E-state index in [4.69, 9.17) is 21.0 Å².